The highest BCUT2D eigenvalue weighted by Gasteiger charge is 2.15. The predicted octanol–water partition coefficient (Wildman–Crippen LogP) is 2.79. The zero-order valence-corrected chi connectivity index (χ0v) is 19.2. The lowest BCUT2D eigenvalue weighted by Gasteiger charge is -2.30. The predicted molar refractivity (Wildman–Crippen MR) is 123 cm³/mol. The molecule has 1 fully saturated rings. The van der Waals surface area contributed by atoms with Gasteiger partial charge in [-0.15, -0.1) is 10.2 Å². The first-order valence-electron chi connectivity index (χ1n) is 10.9. The summed E-state index contributed by atoms with van der Waals surface area (Å²) in [6, 6.07) is 7.02. The smallest absolute Gasteiger partial charge is 0.251 e. The van der Waals surface area contributed by atoms with Crippen LogP contribution in [0.2, 0.25) is 0 Å². The van der Waals surface area contributed by atoms with Gasteiger partial charge in [0.1, 0.15) is 6.33 Å². The van der Waals surface area contributed by atoms with Crippen molar-refractivity contribution in [1.82, 2.24) is 25.0 Å². The van der Waals surface area contributed by atoms with E-state index >= 15 is 0 Å². The maximum atomic E-state index is 12.5. The van der Waals surface area contributed by atoms with Crippen molar-refractivity contribution < 1.29 is 9.59 Å². The number of nitrogens with one attached hydrogen (secondary N) is 2. The first-order valence-corrected chi connectivity index (χ1v) is 11.9. The number of thioether (sulfide) groups is 1. The van der Waals surface area contributed by atoms with Gasteiger partial charge >= 0.3 is 0 Å². The molecule has 1 atom stereocenters. The molecule has 3 rings (SSSR count). The van der Waals surface area contributed by atoms with Crippen molar-refractivity contribution in [2.75, 3.05) is 37.2 Å². The first-order chi connectivity index (χ1) is 15.0. The Morgan fingerprint density at radius 2 is 2.16 bits per heavy atom. The molecule has 1 aromatic carbocycles. The normalized spacial score (nSPS) is 16.8. The SMILES string of the molecule is CC1CCCN(CCCCNC(=O)c2cccc(NC(=O)CSc3nncn3C)c2)C1. The van der Waals surface area contributed by atoms with E-state index in [1.54, 1.807) is 35.2 Å². The molecule has 0 aliphatic carbocycles. The topological polar surface area (TPSA) is 92.2 Å². The summed E-state index contributed by atoms with van der Waals surface area (Å²) in [4.78, 5) is 27.2. The number of aryl methyl sites for hydroxylation is 1. The molecular formula is C22H32N6O2S. The van der Waals surface area contributed by atoms with E-state index in [2.05, 4.69) is 32.7 Å². The fourth-order valence-corrected chi connectivity index (χ4v) is 4.41. The molecule has 2 aromatic rings. The Labute approximate surface area is 188 Å². The second-order valence-electron chi connectivity index (χ2n) is 8.15. The largest absolute Gasteiger partial charge is 0.352 e. The number of carbonyl (C=O) groups excluding carboxylic acids is 2. The second-order valence-corrected chi connectivity index (χ2v) is 9.10. The average molecular weight is 445 g/mol. The number of unbranched alkanes of at least 4 members (excludes halogenated alkanes) is 1. The van der Waals surface area contributed by atoms with Gasteiger partial charge in [0.05, 0.1) is 5.75 Å². The summed E-state index contributed by atoms with van der Waals surface area (Å²) in [6.45, 7) is 6.48. The summed E-state index contributed by atoms with van der Waals surface area (Å²) in [7, 11) is 1.83. The van der Waals surface area contributed by atoms with E-state index in [0.717, 1.165) is 25.3 Å². The van der Waals surface area contributed by atoms with Gasteiger partial charge in [0.25, 0.3) is 5.91 Å². The van der Waals surface area contributed by atoms with Gasteiger partial charge in [-0.3, -0.25) is 9.59 Å². The number of carbonyl (C=O) groups is 2. The number of hydrogen-bond acceptors (Lipinski definition) is 6. The second kappa shape index (κ2) is 11.9. The number of likely N-dealkylation sites (tertiary alicyclic amines) is 1. The van der Waals surface area contributed by atoms with Crippen molar-refractivity contribution in [3.05, 3.63) is 36.2 Å². The van der Waals surface area contributed by atoms with Gasteiger partial charge in [-0.1, -0.05) is 24.8 Å². The maximum Gasteiger partial charge on any atom is 0.251 e. The number of amides is 2. The Morgan fingerprint density at radius 1 is 1.29 bits per heavy atom. The van der Waals surface area contributed by atoms with Crippen molar-refractivity contribution in [1.29, 1.82) is 0 Å². The number of aromatic nitrogens is 3. The van der Waals surface area contributed by atoms with Crippen LogP contribution in [0.4, 0.5) is 5.69 Å². The van der Waals surface area contributed by atoms with Crippen molar-refractivity contribution in [2.24, 2.45) is 13.0 Å². The molecule has 8 nitrogen and oxygen atoms in total. The number of nitrogens with zero attached hydrogens (tertiary/aromatic N) is 4. The summed E-state index contributed by atoms with van der Waals surface area (Å²) in [6.07, 6.45) is 6.28. The van der Waals surface area contributed by atoms with E-state index in [-0.39, 0.29) is 17.6 Å². The minimum Gasteiger partial charge on any atom is -0.352 e. The Balaban J connectivity index is 1.37. The highest BCUT2D eigenvalue weighted by Crippen LogP contribution is 2.16. The molecule has 168 valence electrons. The lowest BCUT2D eigenvalue weighted by molar-refractivity contribution is -0.113. The van der Waals surface area contributed by atoms with Crippen LogP contribution in [-0.2, 0) is 11.8 Å². The van der Waals surface area contributed by atoms with Crippen molar-refractivity contribution in [3.8, 4) is 0 Å². The molecule has 1 aromatic heterocycles. The third-order valence-electron chi connectivity index (χ3n) is 5.34. The van der Waals surface area contributed by atoms with E-state index in [9.17, 15) is 9.59 Å². The van der Waals surface area contributed by atoms with Gasteiger partial charge in [-0.05, 0) is 62.9 Å². The lowest BCUT2D eigenvalue weighted by Crippen LogP contribution is -2.35. The molecule has 0 saturated carbocycles. The molecule has 2 heterocycles. The van der Waals surface area contributed by atoms with E-state index in [4.69, 9.17) is 0 Å². The summed E-state index contributed by atoms with van der Waals surface area (Å²) in [5, 5.41) is 14.2. The summed E-state index contributed by atoms with van der Waals surface area (Å²) in [5.41, 5.74) is 1.15. The Bertz CT molecular complexity index is 871. The minimum atomic E-state index is -0.155. The number of rotatable bonds is 10. The molecule has 2 N–H and O–H groups in total. The van der Waals surface area contributed by atoms with Crippen LogP contribution < -0.4 is 10.6 Å². The molecule has 0 spiro atoms. The molecule has 9 heteroatoms. The molecule has 1 aliphatic rings. The van der Waals surface area contributed by atoms with Crippen LogP contribution in [-0.4, -0.2) is 63.4 Å². The molecule has 31 heavy (non-hydrogen) atoms. The van der Waals surface area contributed by atoms with E-state index in [1.165, 1.54) is 37.7 Å². The standard InChI is InChI=1S/C22H32N6O2S/c1-17-7-6-12-28(14-17)11-4-3-10-23-21(30)18-8-5-9-19(13-18)25-20(29)15-31-22-26-24-16-27(22)2/h5,8-9,13,16-17H,3-4,6-7,10-12,14-15H2,1-2H3,(H,23,30)(H,25,29). The van der Waals surface area contributed by atoms with Gasteiger partial charge in [-0.25, -0.2) is 0 Å². The zero-order chi connectivity index (χ0) is 22.1. The monoisotopic (exact) mass is 444 g/mol. The van der Waals surface area contributed by atoms with Crippen molar-refractivity contribution in [2.45, 2.75) is 37.8 Å². The van der Waals surface area contributed by atoms with E-state index < -0.39 is 0 Å². The van der Waals surface area contributed by atoms with Crippen LogP contribution in [0, 0.1) is 5.92 Å². The highest BCUT2D eigenvalue weighted by molar-refractivity contribution is 7.99. The molecule has 0 radical (unpaired) electrons. The fourth-order valence-electron chi connectivity index (χ4n) is 3.72. The maximum absolute atomic E-state index is 12.5. The van der Waals surface area contributed by atoms with Crippen LogP contribution in [0.5, 0.6) is 0 Å². The van der Waals surface area contributed by atoms with Crippen LogP contribution >= 0.6 is 11.8 Å². The Morgan fingerprint density at radius 3 is 2.94 bits per heavy atom. The Kier molecular flexibility index (Phi) is 8.90. The van der Waals surface area contributed by atoms with Gasteiger partial charge in [-0.2, -0.15) is 0 Å². The average Bonchev–Trinajstić information content (AvgIpc) is 3.17. The van der Waals surface area contributed by atoms with E-state index in [0.29, 0.717) is 23.0 Å². The summed E-state index contributed by atoms with van der Waals surface area (Å²) < 4.78 is 1.76. The third kappa shape index (κ3) is 7.66. The highest BCUT2D eigenvalue weighted by atomic mass is 32.2. The van der Waals surface area contributed by atoms with Gasteiger partial charge in [0.2, 0.25) is 5.91 Å². The van der Waals surface area contributed by atoms with Gasteiger partial charge < -0.3 is 20.1 Å². The minimum absolute atomic E-state index is 0.115. The first kappa shape index (κ1) is 23.3. The number of hydrogen-bond donors (Lipinski definition) is 2. The molecular weight excluding hydrogens is 412 g/mol. The van der Waals surface area contributed by atoms with Gasteiger partial charge in [0.15, 0.2) is 5.16 Å². The quantitative estimate of drug-likeness (QED) is 0.432. The molecule has 0 bridgehead atoms. The lowest BCUT2D eigenvalue weighted by atomic mass is 10.0. The van der Waals surface area contributed by atoms with Crippen molar-refractivity contribution >= 4 is 29.3 Å². The molecule has 2 amide bonds. The molecule has 1 aliphatic heterocycles. The van der Waals surface area contributed by atoms with Crippen LogP contribution in [0.15, 0.2) is 35.7 Å². The Hall–Kier alpha value is -2.39. The van der Waals surface area contributed by atoms with Crippen LogP contribution in [0.1, 0.15) is 43.0 Å². The van der Waals surface area contributed by atoms with Crippen LogP contribution in [0.25, 0.3) is 0 Å². The number of anilines is 1. The fraction of sp³-hybridized carbons (Fsp3) is 0.545. The van der Waals surface area contributed by atoms with Gasteiger partial charge in [0, 0.05) is 31.4 Å². The van der Waals surface area contributed by atoms with E-state index in [1.807, 2.05) is 7.05 Å². The number of benzene rings is 1. The molecule has 1 saturated heterocycles. The number of piperidine rings is 1. The van der Waals surface area contributed by atoms with Crippen LogP contribution in [0.3, 0.4) is 0 Å². The summed E-state index contributed by atoms with van der Waals surface area (Å²) in [5.74, 6) is 0.749. The zero-order valence-electron chi connectivity index (χ0n) is 18.3. The third-order valence-corrected chi connectivity index (χ3v) is 6.37. The summed E-state index contributed by atoms with van der Waals surface area (Å²) >= 11 is 1.31. The van der Waals surface area contributed by atoms with Crippen molar-refractivity contribution in [3.63, 3.8) is 0 Å². The molecule has 1 unspecified atom stereocenters.